The lowest BCUT2D eigenvalue weighted by atomic mass is 10.0. The van der Waals surface area contributed by atoms with Gasteiger partial charge in [0.1, 0.15) is 23.4 Å². The highest BCUT2D eigenvalue weighted by Gasteiger charge is 2.23. The van der Waals surface area contributed by atoms with E-state index in [4.69, 9.17) is 9.47 Å². The largest absolute Gasteiger partial charge is 0.496 e. The average molecular weight is 363 g/mol. The van der Waals surface area contributed by atoms with E-state index < -0.39 is 29.6 Å². The van der Waals surface area contributed by atoms with Crippen molar-refractivity contribution in [3.63, 3.8) is 0 Å². The molecule has 0 heterocycles. The lowest BCUT2D eigenvalue weighted by Gasteiger charge is -2.18. The lowest BCUT2D eigenvalue weighted by Crippen LogP contribution is -2.43. The molecule has 2 rings (SSSR count). The van der Waals surface area contributed by atoms with E-state index in [1.54, 1.807) is 24.3 Å². The predicted octanol–water partition coefficient (Wildman–Crippen LogP) is 2.42. The van der Waals surface area contributed by atoms with Gasteiger partial charge in [0.05, 0.1) is 20.6 Å². The summed E-state index contributed by atoms with van der Waals surface area (Å²) in [7, 11) is 2.72. The maximum absolute atomic E-state index is 13.2. The van der Waals surface area contributed by atoms with Crippen molar-refractivity contribution in [1.82, 2.24) is 5.32 Å². The summed E-state index contributed by atoms with van der Waals surface area (Å²) in [6.07, 6.45) is -0.117. The first kappa shape index (κ1) is 19.4. The molecule has 0 spiro atoms. The van der Waals surface area contributed by atoms with Gasteiger partial charge in [0.15, 0.2) is 0 Å². The first-order valence-corrected chi connectivity index (χ1v) is 7.87. The molecule has 0 aliphatic rings. The number of methoxy groups -OCH3 is 2. The van der Waals surface area contributed by atoms with Crippen molar-refractivity contribution in [2.24, 2.45) is 0 Å². The van der Waals surface area contributed by atoms with E-state index in [9.17, 15) is 18.4 Å². The molecule has 7 heteroatoms. The van der Waals surface area contributed by atoms with Crippen LogP contribution >= 0.6 is 0 Å². The number of para-hydroxylation sites is 1. The highest BCUT2D eigenvalue weighted by atomic mass is 19.1. The normalized spacial score (nSPS) is 11.5. The van der Waals surface area contributed by atoms with Gasteiger partial charge in [0.2, 0.25) is 5.91 Å². The first-order chi connectivity index (χ1) is 12.4. The highest BCUT2D eigenvalue weighted by Crippen LogP contribution is 2.19. The van der Waals surface area contributed by atoms with Crippen LogP contribution in [0, 0.1) is 11.6 Å². The van der Waals surface area contributed by atoms with Crippen LogP contribution in [-0.4, -0.2) is 32.1 Å². The van der Waals surface area contributed by atoms with Gasteiger partial charge in [-0.1, -0.05) is 18.2 Å². The molecule has 26 heavy (non-hydrogen) atoms. The smallest absolute Gasteiger partial charge is 0.328 e. The van der Waals surface area contributed by atoms with Gasteiger partial charge in [0, 0.05) is 12.5 Å². The second-order valence-electron chi connectivity index (χ2n) is 5.61. The van der Waals surface area contributed by atoms with Gasteiger partial charge < -0.3 is 14.8 Å². The SMILES string of the molecule is COC(=O)[C@H](Cc1ccccc1OC)NC(=O)Cc1cc(F)cc(F)c1. The molecule has 0 radical (unpaired) electrons. The molecule has 0 aliphatic heterocycles. The fourth-order valence-electron chi connectivity index (χ4n) is 2.57. The minimum Gasteiger partial charge on any atom is -0.496 e. The number of esters is 1. The number of halogens is 2. The van der Waals surface area contributed by atoms with Crippen molar-refractivity contribution in [3.8, 4) is 5.75 Å². The van der Waals surface area contributed by atoms with Crippen LogP contribution in [-0.2, 0) is 27.2 Å². The van der Waals surface area contributed by atoms with E-state index in [0.29, 0.717) is 11.3 Å². The number of amides is 1. The Balaban J connectivity index is 2.12. The van der Waals surface area contributed by atoms with Gasteiger partial charge in [-0.05, 0) is 29.3 Å². The van der Waals surface area contributed by atoms with Crippen molar-refractivity contribution in [2.75, 3.05) is 14.2 Å². The number of benzene rings is 2. The summed E-state index contributed by atoms with van der Waals surface area (Å²) in [5.41, 5.74) is 0.878. The first-order valence-electron chi connectivity index (χ1n) is 7.87. The monoisotopic (exact) mass is 363 g/mol. The van der Waals surface area contributed by atoms with Crippen LogP contribution in [0.4, 0.5) is 8.78 Å². The molecule has 0 saturated heterocycles. The molecule has 0 fully saturated rings. The molecule has 0 aromatic heterocycles. The summed E-state index contributed by atoms with van der Waals surface area (Å²) in [5.74, 6) is -2.16. The summed E-state index contributed by atoms with van der Waals surface area (Å²) in [6.45, 7) is 0. The summed E-state index contributed by atoms with van der Waals surface area (Å²) in [5, 5.41) is 2.54. The van der Waals surface area contributed by atoms with Crippen LogP contribution < -0.4 is 10.1 Å². The van der Waals surface area contributed by atoms with Gasteiger partial charge in [-0.2, -0.15) is 0 Å². The number of nitrogens with one attached hydrogen (secondary N) is 1. The Labute approximate surface area is 149 Å². The second kappa shape index (κ2) is 8.94. The van der Waals surface area contributed by atoms with Gasteiger partial charge in [-0.3, -0.25) is 4.79 Å². The van der Waals surface area contributed by atoms with Crippen LogP contribution in [0.25, 0.3) is 0 Å². The van der Waals surface area contributed by atoms with Gasteiger partial charge in [-0.25, -0.2) is 13.6 Å². The van der Waals surface area contributed by atoms with Gasteiger partial charge in [-0.15, -0.1) is 0 Å². The number of hydrogen-bond donors (Lipinski definition) is 1. The third-order valence-corrected chi connectivity index (χ3v) is 3.72. The fraction of sp³-hybridized carbons (Fsp3) is 0.263. The Morgan fingerprint density at radius 3 is 2.35 bits per heavy atom. The van der Waals surface area contributed by atoms with E-state index in [0.717, 1.165) is 18.2 Å². The minimum absolute atomic E-state index is 0.153. The molecule has 5 nitrogen and oxygen atoms in total. The third-order valence-electron chi connectivity index (χ3n) is 3.72. The maximum atomic E-state index is 13.2. The number of carbonyl (C=O) groups is 2. The maximum Gasteiger partial charge on any atom is 0.328 e. The van der Waals surface area contributed by atoms with Gasteiger partial charge in [0.25, 0.3) is 0 Å². The zero-order valence-corrected chi connectivity index (χ0v) is 14.4. The summed E-state index contributed by atoms with van der Waals surface area (Å²) < 4.78 is 36.4. The molecule has 0 aliphatic carbocycles. The van der Waals surface area contributed by atoms with E-state index >= 15 is 0 Å². The van der Waals surface area contributed by atoms with Gasteiger partial charge >= 0.3 is 5.97 Å². The van der Waals surface area contributed by atoms with Crippen molar-refractivity contribution >= 4 is 11.9 Å². The van der Waals surface area contributed by atoms with E-state index in [1.807, 2.05) is 0 Å². The van der Waals surface area contributed by atoms with Crippen molar-refractivity contribution in [1.29, 1.82) is 0 Å². The zero-order chi connectivity index (χ0) is 19.1. The Bertz CT molecular complexity index is 775. The van der Waals surface area contributed by atoms with Crippen molar-refractivity contribution < 1.29 is 27.8 Å². The van der Waals surface area contributed by atoms with Crippen LogP contribution in [0.2, 0.25) is 0 Å². The van der Waals surface area contributed by atoms with Crippen LogP contribution in [0.15, 0.2) is 42.5 Å². The van der Waals surface area contributed by atoms with Crippen molar-refractivity contribution in [3.05, 3.63) is 65.2 Å². The number of hydrogen-bond acceptors (Lipinski definition) is 4. The molecule has 2 aromatic rings. The highest BCUT2D eigenvalue weighted by molar-refractivity contribution is 5.85. The standard InChI is InChI=1S/C19H19F2NO4/c1-25-17-6-4-3-5-13(17)10-16(19(24)26-2)22-18(23)9-12-7-14(20)11-15(21)8-12/h3-8,11,16H,9-10H2,1-2H3,(H,22,23)/t16-/m0/s1. The molecule has 0 unspecified atom stereocenters. The second-order valence-corrected chi connectivity index (χ2v) is 5.61. The molecular weight excluding hydrogens is 344 g/mol. The van der Waals surface area contributed by atoms with Crippen LogP contribution in [0.5, 0.6) is 5.75 Å². The topological polar surface area (TPSA) is 64.6 Å². The summed E-state index contributed by atoms with van der Waals surface area (Å²) >= 11 is 0. The van der Waals surface area contributed by atoms with Crippen LogP contribution in [0.3, 0.4) is 0 Å². The predicted molar refractivity (Wildman–Crippen MR) is 90.7 cm³/mol. The molecular formula is C19H19F2NO4. The molecule has 138 valence electrons. The molecule has 2 aromatic carbocycles. The quantitative estimate of drug-likeness (QED) is 0.768. The lowest BCUT2D eigenvalue weighted by molar-refractivity contribution is -0.145. The van der Waals surface area contributed by atoms with E-state index in [2.05, 4.69) is 5.32 Å². The Morgan fingerprint density at radius 2 is 1.73 bits per heavy atom. The average Bonchev–Trinajstić information content (AvgIpc) is 2.59. The summed E-state index contributed by atoms with van der Waals surface area (Å²) in [6, 6.07) is 8.97. The Morgan fingerprint density at radius 1 is 1.08 bits per heavy atom. The van der Waals surface area contributed by atoms with Crippen molar-refractivity contribution in [2.45, 2.75) is 18.9 Å². The Hall–Kier alpha value is -2.96. The summed E-state index contributed by atoms with van der Waals surface area (Å²) in [4.78, 5) is 24.2. The number of carbonyl (C=O) groups excluding carboxylic acids is 2. The minimum atomic E-state index is -0.956. The fourth-order valence-corrected chi connectivity index (χ4v) is 2.57. The number of ether oxygens (including phenoxy) is 2. The molecule has 0 bridgehead atoms. The molecule has 1 N–H and O–H groups in total. The van der Waals surface area contributed by atoms with E-state index in [-0.39, 0.29) is 18.4 Å². The molecule has 1 amide bonds. The Kier molecular flexibility index (Phi) is 6.66. The third kappa shape index (κ3) is 5.27. The zero-order valence-electron chi connectivity index (χ0n) is 14.4. The van der Waals surface area contributed by atoms with E-state index in [1.165, 1.54) is 14.2 Å². The van der Waals surface area contributed by atoms with Crippen LogP contribution in [0.1, 0.15) is 11.1 Å². The number of rotatable bonds is 7. The molecule has 0 saturated carbocycles. The molecule has 1 atom stereocenters.